The van der Waals surface area contributed by atoms with Crippen molar-refractivity contribution in [3.05, 3.63) is 94.8 Å². The zero-order chi connectivity index (χ0) is 42.6. The van der Waals surface area contributed by atoms with Crippen LogP contribution in [0.2, 0.25) is 0 Å². The summed E-state index contributed by atoms with van der Waals surface area (Å²) in [6.07, 6.45) is 9.01. The minimum atomic E-state index is -0.985. The van der Waals surface area contributed by atoms with Crippen LogP contribution in [0.1, 0.15) is 92.9 Å². The Morgan fingerprint density at radius 1 is 0.919 bits per heavy atom. The smallest absolute Gasteiger partial charge is 0.273 e. The van der Waals surface area contributed by atoms with E-state index in [4.69, 9.17) is 5.10 Å². The topological polar surface area (TPSA) is 205 Å². The number of anilines is 3. The van der Waals surface area contributed by atoms with E-state index in [9.17, 15) is 24.0 Å². The number of aromatic nitrogens is 7. The molecule has 0 bridgehead atoms. The van der Waals surface area contributed by atoms with Crippen molar-refractivity contribution in [1.82, 2.24) is 55.2 Å². The lowest BCUT2D eigenvalue weighted by Gasteiger charge is -2.43. The van der Waals surface area contributed by atoms with E-state index in [0.29, 0.717) is 28.9 Å². The third kappa shape index (κ3) is 7.67. The van der Waals surface area contributed by atoms with E-state index in [1.807, 2.05) is 42.1 Å². The van der Waals surface area contributed by atoms with Gasteiger partial charge in [-0.05, 0) is 80.3 Å². The highest BCUT2D eigenvalue weighted by molar-refractivity contribution is 6.23. The van der Waals surface area contributed by atoms with Crippen LogP contribution in [0.3, 0.4) is 0 Å². The van der Waals surface area contributed by atoms with Crippen LogP contribution in [0.4, 0.5) is 21.8 Å². The average molecular weight is 842 g/mol. The molecule has 1 atom stereocenters. The van der Waals surface area contributed by atoms with Gasteiger partial charge in [0, 0.05) is 69.2 Å². The first-order valence-electron chi connectivity index (χ1n) is 21.0. The largest absolute Gasteiger partial charge is 0.371 e. The molecule has 0 spiro atoms. The van der Waals surface area contributed by atoms with Crippen LogP contribution in [0.25, 0.3) is 11.3 Å². The summed E-state index contributed by atoms with van der Waals surface area (Å²) in [5.41, 5.74) is 4.20. The molecule has 5 aromatic rings. The lowest BCUT2D eigenvalue weighted by Crippen LogP contribution is -2.54. The van der Waals surface area contributed by atoms with Gasteiger partial charge in [0.1, 0.15) is 11.7 Å². The van der Waals surface area contributed by atoms with Gasteiger partial charge in [-0.1, -0.05) is 17.3 Å². The maximum Gasteiger partial charge on any atom is 0.273 e. The second-order valence-electron chi connectivity index (χ2n) is 16.8. The van der Waals surface area contributed by atoms with Gasteiger partial charge in [0.2, 0.25) is 17.8 Å². The fourth-order valence-corrected chi connectivity index (χ4v) is 8.81. The molecule has 62 heavy (non-hydrogen) atoms. The Morgan fingerprint density at radius 2 is 1.73 bits per heavy atom. The Kier molecular flexibility index (Phi) is 10.0. The first-order chi connectivity index (χ1) is 30.0. The maximum absolute atomic E-state index is 15.1. The fraction of sp³-hybridized carbons (Fsp3) is 0.395. The second kappa shape index (κ2) is 15.9. The first-order valence-corrected chi connectivity index (χ1v) is 21.0. The Labute approximate surface area is 354 Å². The minimum Gasteiger partial charge on any atom is -0.371 e. The molecule has 1 unspecified atom stereocenters. The molecule has 3 N–H and O–H groups in total. The van der Waals surface area contributed by atoms with Crippen molar-refractivity contribution >= 4 is 47.0 Å². The normalized spacial score (nSPS) is 19.7. The minimum absolute atomic E-state index is 0.0816. The number of benzene rings is 2. The molecule has 18 nitrogen and oxygen atoms in total. The average Bonchev–Trinajstić information content (AvgIpc) is 3.70. The molecule has 0 radical (unpaired) electrons. The number of nitrogens with one attached hydrogen (secondary N) is 3. The SMILES string of the molecule is Cc1cc(-c2nc(Nc3ccn(C4CN(CC5CCN(c6ccc7c(c6)C(=O)N(C6CCC(=O)NC6=O)C7=O)CC5)C4)n3)ncc2F)ccc1CNC(=O)c1cn(C2CC2)nn1. The maximum atomic E-state index is 15.1. The van der Waals surface area contributed by atoms with Crippen molar-refractivity contribution < 1.29 is 28.4 Å². The van der Waals surface area contributed by atoms with Gasteiger partial charge in [-0.2, -0.15) is 5.10 Å². The van der Waals surface area contributed by atoms with E-state index < -0.39 is 35.5 Å². The van der Waals surface area contributed by atoms with Crippen molar-refractivity contribution in [3.8, 4) is 11.3 Å². The van der Waals surface area contributed by atoms with E-state index in [2.05, 4.69) is 46.0 Å². The summed E-state index contributed by atoms with van der Waals surface area (Å²) in [5.74, 6) is -1.60. The predicted molar refractivity (Wildman–Crippen MR) is 221 cm³/mol. The van der Waals surface area contributed by atoms with Gasteiger partial charge in [-0.25, -0.2) is 19.0 Å². The number of nitrogens with zero attached hydrogens (tertiary/aromatic N) is 10. The van der Waals surface area contributed by atoms with Crippen LogP contribution >= 0.6 is 0 Å². The number of hydrogen-bond acceptors (Lipinski definition) is 13. The van der Waals surface area contributed by atoms with E-state index in [-0.39, 0.29) is 54.2 Å². The number of aryl methyl sites for hydroxylation is 1. The highest BCUT2D eigenvalue weighted by Crippen LogP contribution is 2.35. The summed E-state index contributed by atoms with van der Waals surface area (Å²) >= 11 is 0. The molecule has 318 valence electrons. The Morgan fingerprint density at radius 3 is 2.50 bits per heavy atom. The summed E-state index contributed by atoms with van der Waals surface area (Å²) in [4.78, 5) is 77.5. The molecule has 19 heteroatoms. The number of amides is 5. The van der Waals surface area contributed by atoms with Crippen LogP contribution in [0.15, 0.2) is 61.1 Å². The number of carbonyl (C=O) groups excluding carboxylic acids is 5. The van der Waals surface area contributed by atoms with Gasteiger partial charge in [0.25, 0.3) is 17.7 Å². The van der Waals surface area contributed by atoms with Gasteiger partial charge in [-0.15, -0.1) is 5.10 Å². The van der Waals surface area contributed by atoms with Crippen molar-refractivity contribution in [3.63, 3.8) is 0 Å². The van der Waals surface area contributed by atoms with Gasteiger partial charge in [0.05, 0.1) is 35.6 Å². The van der Waals surface area contributed by atoms with Crippen LogP contribution in [-0.4, -0.2) is 113 Å². The number of carbonyl (C=O) groups is 5. The number of imide groups is 2. The summed E-state index contributed by atoms with van der Waals surface area (Å²) in [6, 6.07) is 12.2. The Bertz CT molecular complexity index is 2630. The van der Waals surface area contributed by atoms with Gasteiger partial charge in [0.15, 0.2) is 17.3 Å². The molecular weight excluding hydrogens is 798 g/mol. The molecular formula is C43H44FN13O5. The van der Waals surface area contributed by atoms with Crippen molar-refractivity contribution in [2.45, 2.75) is 70.1 Å². The number of hydrogen-bond donors (Lipinski definition) is 3. The van der Waals surface area contributed by atoms with Crippen molar-refractivity contribution in [2.24, 2.45) is 5.92 Å². The third-order valence-electron chi connectivity index (χ3n) is 12.5. The number of halogens is 1. The molecule has 1 saturated carbocycles. The summed E-state index contributed by atoms with van der Waals surface area (Å²) < 4.78 is 18.7. The van der Waals surface area contributed by atoms with Crippen molar-refractivity contribution in [1.29, 1.82) is 0 Å². The molecule has 7 heterocycles. The first kappa shape index (κ1) is 39.3. The summed E-state index contributed by atoms with van der Waals surface area (Å²) in [7, 11) is 0. The van der Waals surface area contributed by atoms with Gasteiger partial charge in [-0.3, -0.25) is 43.8 Å². The molecule has 2 aromatic carbocycles. The monoisotopic (exact) mass is 841 g/mol. The molecule has 10 rings (SSSR count). The predicted octanol–water partition coefficient (Wildman–Crippen LogP) is 3.56. The molecule has 1 aliphatic carbocycles. The molecule has 3 saturated heterocycles. The quantitative estimate of drug-likeness (QED) is 0.154. The molecule has 5 aliphatic rings. The highest BCUT2D eigenvalue weighted by atomic mass is 19.1. The molecule has 4 fully saturated rings. The number of likely N-dealkylation sites (tertiary alicyclic amines) is 1. The van der Waals surface area contributed by atoms with Gasteiger partial charge >= 0.3 is 0 Å². The van der Waals surface area contributed by atoms with Crippen molar-refractivity contribution in [2.75, 3.05) is 42.9 Å². The molecule has 4 aliphatic heterocycles. The zero-order valence-electron chi connectivity index (χ0n) is 34.0. The van der Waals surface area contributed by atoms with E-state index in [1.54, 1.807) is 29.1 Å². The summed E-state index contributed by atoms with van der Waals surface area (Å²) in [5, 5.41) is 21.0. The van der Waals surface area contributed by atoms with E-state index in [1.165, 1.54) is 0 Å². The molecule has 5 amide bonds. The number of fused-ring (bicyclic) bond motifs is 1. The number of piperidine rings is 2. The highest BCUT2D eigenvalue weighted by Gasteiger charge is 2.45. The lowest BCUT2D eigenvalue weighted by molar-refractivity contribution is -0.136. The zero-order valence-corrected chi connectivity index (χ0v) is 34.0. The van der Waals surface area contributed by atoms with Crippen LogP contribution < -0.4 is 20.9 Å². The summed E-state index contributed by atoms with van der Waals surface area (Å²) in [6.45, 7) is 6.52. The van der Waals surface area contributed by atoms with Crippen LogP contribution in [-0.2, 0) is 16.1 Å². The van der Waals surface area contributed by atoms with Gasteiger partial charge < -0.3 is 15.5 Å². The van der Waals surface area contributed by atoms with E-state index in [0.717, 1.165) is 86.3 Å². The standard InChI is InChI=1S/C43H44FN13O5/c1-24-16-26(2-3-27(24)18-45-39(59)34-23-56(52-50-34)28-4-5-28)38-33(44)19-46-43(49-38)47-36-12-15-55(51-36)30-21-53(22-30)20-25-10-13-54(14-11-25)29-6-7-31-32(17-29)42(62)57(41(31)61)35-8-9-37(58)48-40(35)60/h2-3,6-7,12,15-17,19,23,25,28,30,35H,4-5,8-11,13-14,18,20-22H2,1H3,(H,45,59)(H,48,58,60)(H,46,47,49,51). The fourth-order valence-electron chi connectivity index (χ4n) is 8.81. The van der Waals surface area contributed by atoms with Crippen LogP contribution in [0.5, 0.6) is 0 Å². The second-order valence-corrected chi connectivity index (χ2v) is 16.8. The number of rotatable bonds is 12. The van der Waals surface area contributed by atoms with Crippen LogP contribution in [0, 0.1) is 18.7 Å². The lowest BCUT2D eigenvalue weighted by atomic mass is 9.93. The Hall–Kier alpha value is -6.89. The third-order valence-corrected chi connectivity index (χ3v) is 12.5. The van der Waals surface area contributed by atoms with E-state index >= 15 is 4.39 Å². The Balaban J connectivity index is 0.690. The molecule has 3 aromatic heterocycles.